The number of hydrogen-bond donors (Lipinski definition) is 1. The predicted octanol–water partition coefficient (Wildman–Crippen LogP) is -0.0285. The van der Waals surface area contributed by atoms with Gasteiger partial charge in [-0.1, -0.05) is 0 Å². The molecule has 2 aliphatic rings. The first-order valence-corrected chi connectivity index (χ1v) is 3.84. The van der Waals surface area contributed by atoms with Crippen molar-refractivity contribution in [3.63, 3.8) is 0 Å². The van der Waals surface area contributed by atoms with Crippen molar-refractivity contribution in [1.82, 2.24) is 0 Å². The Morgan fingerprint density at radius 3 is 2.11 bits per heavy atom. The summed E-state index contributed by atoms with van der Waals surface area (Å²) in [4.78, 5) is 0. The molecule has 0 radical (unpaired) electrons. The fourth-order valence-corrected chi connectivity index (χ4v) is 2.21. The lowest BCUT2D eigenvalue weighted by atomic mass is 10.1. The monoisotopic (exact) mass is 128 g/mol. The molecule has 0 bridgehead atoms. The van der Waals surface area contributed by atoms with Gasteiger partial charge in [0.2, 0.25) is 0 Å². The molecule has 2 fully saturated rings. The second-order valence-corrected chi connectivity index (χ2v) is 3.51. The van der Waals surface area contributed by atoms with Crippen LogP contribution in [-0.4, -0.2) is 41.9 Å². The van der Waals surface area contributed by atoms with E-state index in [2.05, 4.69) is 0 Å². The van der Waals surface area contributed by atoms with Gasteiger partial charge in [-0.05, 0) is 0 Å². The minimum absolute atomic E-state index is 0.0306. The van der Waals surface area contributed by atoms with Crippen molar-refractivity contribution in [3.05, 3.63) is 0 Å². The first-order chi connectivity index (χ1) is 4.31. The molecular weight excluding hydrogens is 114 g/mol. The molecule has 9 heavy (non-hydrogen) atoms. The van der Waals surface area contributed by atoms with Gasteiger partial charge in [-0.25, -0.2) is 0 Å². The van der Waals surface area contributed by atoms with Gasteiger partial charge in [-0.2, -0.15) is 0 Å². The van der Waals surface area contributed by atoms with Crippen molar-refractivity contribution >= 4 is 0 Å². The molecule has 0 atom stereocenters. The molecule has 2 heteroatoms. The lowest BCUT2D eigenvalue weighted by Crippen LogP contribution is -2.64. The molecule has 0 aromatic rings. The van der Waals surface area contributed by atoms with Crippen LogP contribution in [0.15, 0.2) is 0 Å². The Hall–Kier alpha value is -0.0800. The summed E-state index contributed by atoms with van der Waals surface area (Å²) in [6, 6.07) is 0. The molecule has 0 amide bonds. The highest BCUT2D eigenvalue weighted by atomic mass is 16.3. The third-order valence-corrected chi connectivity index (χ3v) is 2.71. The number of aliphatic hydroxyl groups excluding tert-OH is 1. The lowest BCUT2D eigenvalue weighted by molar-refractivity contribution is -0.961. The zero-order chi connectivity index (χ0) is 6.32. The van der Waals surface area contributed by atoms with Crippen molar-refractivity contribution < 1.29 is 9.59 Å². The van der Waals surface area contributed by atoms with Gasteiger partial charge in [0.1, 0.15) is 13.1 Å². The summed E-state index contributed by atoms with van der Waals surface area (Å²) in [7, 11) is 0. The molecule has 0 aromatic carbocycles. The average Bonchev–Trinajstić information content (AvgIpc) is 2.12. The maximum atomic E-state index is 9.06. The van der Waals surface area contributed by atoms with E-state index in [1.807, 2.05) is 0 Å². The SMILES string of the molecule is OC1C[N+]2(CCCC2)C1. The van der Waals surface area contributed by atoms with Crippen LogP contribution >= 0.6 is 0 Å². The van der Waals surface area contributed by atoms with Crippen LogP contribution in [0.3, 0.4) is 0 Å². The summed E-state index contributed by atoms with van der Waals surface area (Å²) in [5.41, 5.74) is 0. The van der Waals surface area contributed by atoms with Crippen LogP contribution in [0.2, 0.25) is 0 Å². The van der Waals surface area contributed by atoms with Crippen LogP contribution in [-0.2, 0) is 0 Å². The number of quaternary nitrogens is 1. The van der Waals surface area contributed by atoms with Crippen LogP contribution in [0.5, 0.6) is 0 Å². The second kappa shape index (κ2) is 1.70. The Morgan fingerprint density at radius 1 is 1.11 bits per heavy atom. The Bertz CT molecular complexity index is 110. The molecule has 0 saturated carbocycles. The summed E-state index contributed by atoms with van der Waals surface area (Å²) in [5, 5.41) is 9.06. The minimum atomic E-state index is 0.0306. The fraction of sp³-hybridized carbons (Fsp3) is 1.00. The quantitative estimate of drug-likeness (QED) is 0.454. The molecule has 1 spiro atoms. The molecule has 2 nitrogen and oxygen atoms in total. The third-order valence-electron chi connectivity index (χ3n) is 2.71. The number of rotatable bonds is 0. The Kier molecular flexibility index (Phi) is 1.08. The van der Waals surface area contributed by atoms with E-state index < -0.39 is 0 Å². The van der Waals surface area contributed by atoms with E-state index in [0.29, 0.717) is 0 Å². The molecule has 1 N–H and O–H groups in total. The van der Waals surface area contributed by atoms with Gasteiger partial charge in [0.25, 0.3) is 0 Å². The number of nitrogens with zero attached hydrogens (tertiary/aromatic N) is 1. The minimum Gasteiger partial charge on any atom is -0.382 e. The van der Waals surface area contributed by atoms with Crippen molar-refractivity contribution in [2.24, 2.45) is 0 Å². The van der Waals surface area contributed by atoms with Crippen LogP contribution < -0.4 is 0 Å². The maximum absolute atomic E-state index is 9.06. The molecule has 2 heterocycles. The maximum Gasteiger partial charge on any atom is 0.152 e. The van der Waals surface area contributed by atoms with Gasteiger partial charge in [-0.15, -0.1) is 0 Å². The van der Waals surface area contributed by atoms with Crippen LogP contribution in [0, 0.1) is 0 Å². The summed E-state index contributed by atoms with van der Waals surface area (Å²) >= 11 is 0. The predicted molar refractivity (Wildman–Crippen MR) is 35.0 cm³/mol. The van der Waals surface area contributed by atoms with Gasteiger partial charge in [0.15, 0.2) is 6.10 Å². The summed E-state index contributed by atoms with van der Waals surface area (Å²) < 4.78 is 1.24. The topological polar surface area (TPSA) is 20.2 Å². The molecule has 52 valence electrons. The van der Waals surface area contributed by atoms with Gasteiger partial charge >= 0.3 is 0 Å². The van der Waals surface area contributed by atoms with Gasteiger partial charge in [-0.3, -0.25) is 0 Å². The highest BCUT2D eigenvalue weighted by Gasteiger charge is 2.44. The van der Waals surface area contributed by atoms with E-state index in [4.69, 9.17) is 5.11 Å². The van der Waals surface area contributed by atoms with Crippen molar-refractivity contribution in [1.29, 1.82) is 0 Å². The Balaban J connectivity index is 1.95. The third kappa shape index (κ3) is 0.775. The highest BCUT2D eigenvalue weighted by molar-refractivity contribution is 4.70. The van der Waals surface area contributed by atoms with Crippen LogP contribution in [0.1, 0.15) is 12.8 Å². The first kappa shape index (κ1) is 5.69. The van der Waals surface area contributed by atoms with E-state index in [9.17, 15) is 0 Å². The first-order valence-electron chi connectivity index (χ1n) is 3.84. The summed E-state index contributed by atoms with van der Waals surface area (Å²) in [6.45, 7) is 4.74. The van der Waals surface area contributed by atoms with Crippen molar-refractivity contribution in [2.45, 2.75) is 18.9 Å². The molecule has 0 aromatic heterocycles. The molecule has 0 aliphatic carbocycles. The Morgan fingerprint density at radius 2 is 1.67 bits per heavy atom. The molecule has 2 saturated heterocycles. The highest BCUT2D eigenvalue weighted by Crippen LogP contribution is 2.27. The van der Waals surface area contributed by atoms with E-state index in [1.54, 1.807) is 0 Å². The van der Waals surface area contributed by atoms with E-state index in [-0.39, 0.29) is 6.10 Å². The van der Waals surface area contributed by atoms with Gasteiger partial charge in [0.05, 0.1) is 13.1 Å². The molecule has 2 rings (SSSR count). The standard InChI is InChI=1S/C7H14NO/c9-7-5-8(6-7)3-1-2-4-8/h7,9H,1-6H2/q+1. The number of aliphatic hydroxyl groups is 1. The van der Waals surface area contributed by atoms with Crippen molar-refractivity contribution in [3.8, 4) is 0 Å². The normalized spacial score (nSPS) is 33.0. The number of hydrogen-bond acceptors (Lipinski definition) is 1. The Labute approximate surface area is 55.7 Å². The summed E-state index contributed by atoms with van der Waals surface area (Å²) in [6.07, 6.45) is 2.79. The fourth-order valence-electron chi connectivity index (χ4n) is 2.21. The zero-order valence-corrected chi connectivity index (χ0v) is 5.71. The summed E-state index contributed by atoms with van der Waals surface area (Å²) in [5.74, 6) is 0. The van der Waals surface area contributed by atoms with Crippen molar-refractivity contribution in [2.75, 3.05) is 26.2 Å². The van der Waals surface area contributed by atoms with Crippen LogP contribution in [0.4, 0.5) is 0 Å². The largest absolute Gasteiger partial charge is 0.382 e. The van der Waals surface area contributed by atoms with E-state index in [0.717, 1.165) is 13.1 Å². The van der Waals surface area contributed by atoms with Crippen LogP contribution in [0.25, 0.3) is 0 Å². The molecule has 0 unspecified atom stereocenters. The molecular formula is C7H14NO+. The average molecular weight is 128 g/mol. The second-order valence-electron chi connectivity index (χ2n) is 3.51. The van der Waals surface area contributed by atoms with Gasteiger partial charge in [0, 0.05) is 12.8 Å². The van der Waals surface area contributed by atoms with Gasteiger partial charge < -0.3 is 9.59 Å². The molecule has 2 aliphatic heterocycles. The smallest absolute Gasteiger partial charge is 0.152 e. The lowest BCUT2D eigenvalue weighted by Gasteiger charge is -2.45. The van der Waals surface area contributed by atoms with E-state index in [1.165, 1.54) is 30.4 Å². The van der Waals surface area contributed by atoms with E-state index >= 15 is 0 Å². The zero-order valence-electron chi connectivity index (χ0n) is 5.71.